The Balaban J connectivity index is 5.07. The van der Waals surface area contributed by atoms with E-state index < -0.39 is 20.2 Å². The first-order valence-electron chi connectivity index (χ1n) is 2.23. The van der Waals surface area contributed by atoms with Crippen LogP contribution in [0.2, 0.25) is 0 Å². The van der Waals surface area contributed by atoms with Crippen LogP contribution in [0.5, 0.6) is 0 Å². The zero-order valence-electron chi connectivity index (χ0n) is 5.15. The maximum atomic E-state index is 10.3. The van der Waals surface area contributed by atoms with Gasteiger partial charge in [-0.3, -0.25) is 9.13 Å². The molecule has 0 heterocycles. The van der Waals surface area contributed by atoms with Crippen LogP contribution >= 0.6 is 15.2 Å². The Labute approximate surface area is 61.9 Å². The minimum Gasteiger partial charge on any atom is -0.404 e. The summed E-state index contributed by atoms with van der Waals surface area (Å²) in [7, 11) is -9.85. The maximum absolute atomic E-state index is 10.3. The molecular weight excluding hydrogens is 196 g/mol. The van der Waals surface area contributed by atoms with Crippen LogP contribution in [0.15, 0.2) is 11.3 Å². The fourth-order valence-corrected chi connectivity index (χ4v) is 2.11. The Bertz CT molecular complexity index is 234. The molecule has 0 aliphatic heterocycles. The van der Waals surface area contributed by atoms with Crippen molar-refractivity contribution in [3.63, 3.8) is 0 Å². The first-order valence-corrected chi connectivity index (χ1v) is 5.46. The first kappa shape index (κ1) is 10.8. The predicted octanol–water partition coefficient (Wildman–Crippen LogP) is -0.901. The van der Waals surface area contributed by atoms with E-state index in [9.17, 15) is 9.13 Å². The summed E-state index contributed by atoms with van der Waals surface area (Å²) < 4.78 is 20.5. The third kappa shape index (κ3) is 3.16. The van der Waals surface area contributed by atoms with E-state index in [4.69, 9.17) is 19.6 Å². The van der Waals surface area contributed by atoms with Crippen molar-refractivity contribution in [2.45, 2.75) is 0 Å². The molecule has 0 rings (SSSR count). The summed E-state index contributed by atoms with van der Waals surface area (Å²) in [4.78, 5) is 33.1. The lowest BCUT2D eigenvalue weighted by Crippen LogP contribution is -1.92. The summed E-state index contributed by atoms with van der Waals surface area (Å²) in [5.74, 6) is 0. The highest BCUT2D eigenvalue weighted by atomic mass is 31.2. The second kappa shape index (κ2) is 3.06. The van der Waals surface area contributed by atoms with Crippen LogP contribution in [-0.4, -0.2) is 19.6 Å². The lowest BCUT2D eigenvalue weighted by molar-refractivity contribution is 0.367. The fourth-order valence-electron chi connectivity index (χ4n) is 0.364. The minimum absolute atomic E-state index is 0.224. The molecule has 7 nitrogen and oxygen atoms in total. The lowest BCUT2D eigenvalue weighted by Gasteiger charge is -2.08. The Morgan fingerprint density at radius 3 is 1.36 bits per heavy atom. The molecule has 0 aliphatic rings. The molecule has 0 aliphatic carbocycles. The molecule has 9 heteroatoms. The first-order chi connectivity index (χ1) is 4.69. The Morgan fingerprint density at radius 2 is 1.36 bits per heavy atom. The van der Waals surface area contributed by atoms with Gasteiger partial charge in [0.15, 0.2) is 5.06 Å². The Hall–Kier alpha value is -0.160. The Morgan fingerprint density at radius 1 is 1.09 bits per heavy atom. The van der Waals surface area contributed by atoms with Gasteiger partial charge in [-0.05, 0) is 0 Å². The van der Waals surface area contributed by atoms with Crippen LogP contribution < -0.4 is 5.73 Å². The van der Waals surface area contributed by atoms with E-state index in [-0.39, 0.29) is 6.20 Å². The molecule has 11 heavy (non-hydrogen) atoms. The van der Waals surface area contributed by atoms with Crippen molar-refractivity contribution < 1.29 is 28.7 Å². The lowest BCUT2D eigenvalue weighted by atomic mass is 11.1. The second-order valence-electron chi connectivity index (χ2n) is 1.61. The molecule has 0 saturated carbocycles. The number of hydrogen-bond donors (Lipinski definition) is 5. The number of hydrogen-bond acceptors (Lipinski definition) is 3. The van der Waals surface area contributed by atoms with Crippen molar-refractivity contribution in [3.8, 4) is 0 Å². The van der Waals surface area contributed by atoms with Gasteiger partial charge in [0.1, 0.15) is 0 Å². The number of nitrogens with two attached hydrogens (primary N) is 1. The highest BCUT2D eigenvalue weighted by Gasteiger charge is 2.35. The number of rotatable bonds is 2. The van der Waals surface area contributed by atoms with E-state index in [1.165, 1.54) is 0 Å². The third-order valence-corrected chi connectivity index (χ3v) is 3.80. The molecule has 0 aromatic heterocycles. The van der Waals surface area contributed by atoms with Crippen LogP contribution in [0, 0.1) is 0 Å². The van der Waals surface area contributed by atoms with Gasteiger partial charge in [0.25, 0.3) is 0 Å². The van der Waals surface area contributed by atoms with Gasteiger partial charge in [-0.15, -0.1) is 0 Å². The molecule has 0 radical (unpaired) electrons. The SMILES string of the molecule is NC=C(P(=O)(O)O)P(=O)(O)O. The zero-order valence-corrected chi connectivity index (χ0v) is 6.94. The van der Waals surface area contributed by atoms with Crippen molar-refractivity contribution in [2.75, 3.05) is 0 Å². The normalized spacial score (nSPS) is 12.7. The summed E-state index contributed by atoms with van der Waals surface area (Å²) in [6.07, 6.45) is 0.224. The topological polar surface area (TPSA) is 141 Å². The molecule has 0 unspecified atom stereocenters. The van der Waals surface area contributed by atoms with Gasteiger partial charge in [-0.25, -0.2) is 0 Å². The molecule has 0 aromatic carbocycles. The third-order valence-electron chi connectivity index (χ3n) is 0.746. The van der Waals surface area contributed by atoms with Crippen molar-refractivity contribution in [1.82, 2.24) is 0 Å². The van der Waals surface area contributed by atoms with E-state index in [1.54, 1.807) is 0 Å². The summed E-state index contributed by atoms with van der Waals surface area (Å²) in [6.45, 7) is 0. The molecule has 6 N–H and O–H groups in total. The second-order valence-corrected chi connectivity index (χ2v) is 5.11. The van der Waals surface area contributed by atoms with Gasteiger partial charge >= 0.3 is 15.2 Å². The van der Waals surface area contributed by atoms with E-state index in [0.29, 0.717) is 0 Å². The molecule has 0 spiro atoms. The van der Waals surface area contributed by atoms with Crippen molar-refractivity contribution in [2.24, 2.45) is 5.73 Å². The molecule has 0 saturated heterocycles. The minimum atomic E-state index is -4.92. The average molecular weight is 203 g/mol. The summed E-state index contributed by atoms with van der Waals surface area (Å²) in [6, 6.07) is 0. The highest BCUT2D eigenvalue weighted by molar-refractivity contribution is 7.77. The largest absolute Gasteiger partial charge is 0.404 e. The Kier molecular flexibility index (Phi) is 3.02. The van der Waals surface area contributed by atoms with E-state index in [0.717, 1.165) is 0 Å². The zero-order chi connectivity index (χ0) is 9.28. The molecular formula is C2H7NO6P2. The van der Waals surface area contributed by atoms with Gasteiger partial charge in [-0.1, -0.05) is 0 Å². The average Bonchev–Trinajstić information content (AvgIpc) is 1.56. The molecule has 0 aromatic rings. The van der Waals surface area contributed by atoms with E-state index >= 15 is 0 Å². The quantitative estimate of drug-likeness (QED) is 0.366. The monoisotopic (exact) mass is 203 g/mol. The van der Waals surface area contributed by atoms with Crippen LogP contribution in [0.4, 0.5) is 0 Å². The molecule has 66 valence electrons. The van der Waals surface area contributed by atoms with Gasteiger partial charge in [0, 0.05) is 6.20 Å². The van der Waals surface area contributed by atoms with Crippen molar-refractivity contribution in [3.05, 3.63) is 11.3 Å². The van der Waals surface area contributed by atoms with Gasteiger partial charge in [-0.2, -0.15) is 0 Å². The van der Waals surface area contributed by atoms with Gasteiger partial charge in [0.2, 0.25) is 0 Å². The summed E-state index contributed by atoms with van der Waals surface area (Å²) in [5, 5.41) is -1.36. The molecule has 0 bridgehead atoms. The van der Waals surface area contributed by atoms with E-state index in [1.807, 2.05) is 0 Å². The van der Waals surface area contributed by atoms with Crippen LogP contribution in [0.1, 0.15) is 0 Å². The molecule has 0 fully saturated rings. The van der Waals surface area contributed by atoms with E-state index in [2.05, 4.69) is 5.73 Å². The highest BCUT2D eigenvalue weighted by Crippen LogP contribution is 2.63. The maximum Gasteiger partial charge on any atom is 0.365 e. The van der Waals surface area contributed by atoms with Crippen LogP contribution in [-0.2, 0) is 9.13 Å². The van der Waals surface area contributed by atoms with Crippen molar-refractivity contribution >= 4 is 15.2 Å². The van der Waals surface area contributed by atoms with Gasteiger partial charge in [0.05, 0.1) is 0 Å². The summed E-state index contributed by atoms with van der Waals surface area (Å²) in [5.41, 5.74) is 4.60. The van der Waals surface area contributed by atoms with Gasteiger partial charge < -0.3 is 25.3 Å². The standard InChI is InChI=1S/C2H7NO6P2/c3-1-2(10(4,5)6)11(7,8)9/h1H,3H2,(H2,4,5,6)(H2,7,8,9). The molecule has 0 amide bonds. The van der Waals surface area contributed by atoms with Crippen LogP contribution in [0.3, 0.4) is 0 Å². The van der Waals surface area contributed by atoms with Crippen LogP contribution in [0.25, 0.3) is 0 Å². The smallest absolute Gasteiger partial charge is 0.365 e. The summed E-state index contributed by atoms with van der Waals surface area (Å²) >= 11 is 0. The predicted molar refractivity (Wildman–Crippen MR) is 36.4 cm³/mol. The fraction of sp³-hybridized carbons (Fsp3) is 0. The molecule has 0 atom stereocenters. The van der Waals surface area contributed by atoms with Crippen molar-refractivity contribution in [1.29, 1.82) is 0 Å².